The Morgan fingerprint density at radius 3 is 2.50 bits per heavy atom. The average molecular weight is 350 g/mol. The van der Waals surface area contributed by atoms with Crippen LogP contribution in [-0.4, -0.2) is 49.6 Å². The van der Waals surface area contributed by atoms with Crippen molar-refractivity contribution in [3.05, 3.63) is 29.3 Å². The molecule has 0 bridgehead atoms. The van der Waals surface area contributed by atoms with Crippen molar-refractivity contribution in [3.63, 3.8) is 0 Å². The number of benzene rings is 1. The zero-order valence-corrected chi connectivity index (χ0v) is 15.1. The lowest BCUT2D eigenvalue weighted by atomic mass is 9.95. The monoisotopic (exact) mass is 349 g/mol. The topological polar surface area (TPSA) is 35.6 Å². The van der Waals surface area contributed by atoms with Crippen molar-refractivity contribution in [2.75, 3.05) is 37.6 Å². The molecule has 1 saturated carbocycles. The summed E-state index contributed by atoms with van der Waals surface area (Å²) in [6.07, 6.45) is 6.76. The van der Waals surface area contributed by atoms with E-state index in [1.807, 2.05) is 18.2 Å². The molecule has 0 aromatic heterocycles. The highest BCUT2D eigenvalue weighted by Gasteiger charge is 2.20. The SMILES string of the molecule is O=C(CCN1CCN(c2ccccc2Cl)CC1)NC1CCCCC1. The minimum atomic E-state index is 0.218. The van der Waals surface area contributed by atoms with Crippen molar-refractivity contribution in [1.82, 2.24) is 10.2 Å². The number of amides is 1. The molecule has 5 heteroatoms. The van der Waals surface area contributed by atoms with Gasteiger partial charge in [0.1, 0.15) is 0 Å². The van der Waals surface area contributed by atoms with Crippen LogP contribution in [0.1, 0.15) is 38.5 Å². The molecule has 1 amide bonds. The molecule has 132 valence electrons. The first-order chi connectivity index (χ1) is 11.7. The molecule has 1 saturated heterocycles. The third-order valence-electron chi connectivity index (χ3n) is 5.19. The fraction of sp³-hybridized carbons (Fsp3) is 0.632. The number of para-hydroxylation sites is 1. The highest BCUT2D eigenvalue weighted by atomic mass is 35.5. The standard InChI is InChI=1S/C19H28ClN3O/c20-17-8-4-5-9-18(17)23-14-12-22(13-15-23)11-10-19(24)21-16-6-2-1-3-7-16/h4-5,8-9,16H,1-3,6-7,10-15H2,(H,21,24). The van der Waals surface area contributed by atoms with Crippen LogP contribution in [0.3, 0.4) is 0 Å². The lowest BCUT2D eigenvalue weighted by Crippen LogP contribution is -2.47. The summed E-state index contributed by atoms with van der Waals surface area (Å²) in [5.74, 6) is 0.218. The number of hydrogen-bond donors (Lipinski definition) is 1. The molecular formula is C19H28ClN3O. The minimum absolute atomic E-state index is 0.218. The fourth-order valence-corrected chi connectivity index (χ4v) is 3.98. The van der Waals surface area contributed by atoms with Gasteiger partial charge in [0.05, 0.1) is 10.7 Å². The molecule has 1 aromatic carbocycles. The predicted octanol–water partition coefficient (Wildman–Crippen LogP) is 3.30. The van der Waals surface area contributed by atoms with Crippen LogP contribution in [-0.2, 0) is 4.79 Å². The molecule has 0 spiro atoms. The maximum Gasteiger partial charge on any atom is 0.221 e. The molecule has 3 rings (SSSR count). The molecule has 1 heterocycles. The number of anilines is 1. The molecular weight excluding hydrogens is 322 g/mol. The maximum atomic E-state index is 12.1. The summed E-state index contributed by atoms with van der Waals surface area (Å²) in [7, 11) is 0. The Morgan fingerprint density at radius 1 is 1.08 bits per heavy atom. The molecule has 4 nitrogen and oxygen atoms in total. The number of rotatable bonds is 5. The van der Waals surface area contributed by atoms with E-state index in [-0.39, 0.29) is 5.91 Å². The van der Waals surface area contributed by atoms with Crippen molar-refractivity contribution in [1.29, 1.82) is 0 Å². The Bertz CT molecular complexity index is 537. The van der Waals surface area contributed by atoms with E-state index >= 15 is 0 Å². The number of nitrogens with one attached hydrogen (secondary N) is 1. The average Bonchev–Trinajstić information content (AvgIpc) is 2.62. The number of carbonyl (C=O) groups excluding carboxylic acids is 1. The van der Waals surface area contributed by atoms with Gasteiger partial charge in [0, 0.05) is 45.2 Å². The first-order valence-corrected chi connectivity index (χ1v) is 9.61. The van der Waals surface area contributed by atoms with E-state index in [0.717, 1.165) is 56.3 Å². The number of hydrogen-bond acceptors (Lipinski definition) is 3. The lowest BCUT2D eigenvalue weighted by Gasteiger charge is -2.36. The Kier molecular flexibility index (Phi) is 6.38. The van der Waals surface area contributed by atoms with Crippen LogP contribution in [0.25, 0.3) is 0 Å². The van der Waals surface area contributed by atoms with Crippen LogP contribution in [0.5, 0.6) is 0 Å². The summed E-state index contributed by atoms with van der Waals surface area (Å²) in [6.45, 7) is 4.76. The van der Waals surface area contributed by atoms with Gasteiger partial charge >= 0.3 is 0 Å². The van der Waals surface area contributed by atoms with Crippen molar-refractivity contribution in [2.24, 2.45) is 0 Å². The summed E-state index contributed by atoms with van der Waals surface area (Å²) in [4.78, 5) is 16.8. The van der Waals surface area contributed by atoms with Gasteiger partial charge in [-0.25, -0.2) is 0 Å². The summed E-state index contributed by atoms with van der Waals surface area (Å²) < 4.78 is 0. The van der Waals surface area contributed by atoms with Gasteiger partial charge in [0.2, 0.25) is 5.91 Å². The van der Waals surface area contributed by atoms with Crippen LogP contribution in [0.15, 0.2) is 24.3 Å². The van der Waals surface area contributed by atoms with E-state index in [9.17, 15) is 4.79 Å². The molecule has 1 aliphatic carbocycles. The van der Waals surface area contributed by atoms with Crippen LogP contribution in [0.4, 0.5) is 5.69 Å². The second-order valence-electron chi connectivity index (χ2n) is 6.93. The first-order valence-electron chi connectivity index (χ1n) is 9.23. The van der Waals surface area contributed by atoms with E-state index in [0.29, 0.717) is 12.5 Å². The van der Waals surface area contributed by atoms with Gasteiger partial charge < -0.3 is 10.2 Å². The first kappa shape index (κ1) is 17.6. The van der Waals surface area contributed by atoms with Gasteiger partial charge in [-0.2, -0.15) is 0 Å². The minimum Gasteiger partial charge on any atom is -0.368 e. The second kappa shape index (κ2) is 8.72. The van der Waals surface area contributed by atoms with Gasteiger partial charge in [0.15, 0.2) is 0 Å². The molecule has 1 N–H and O–H groups in total. The van der Waals surface area contributed by atoms with Gasteiger partial charge in [-0.15, -0.1) is 0 Å². The van der Waals surface area contributed by atoms with Crippen LogP contribution in [0.2, 0.25) is 5.02 Å². The molecule has 0 unspecified atom stereocenters. The van der Waals surface area contributed by atoms with Crippen LogP contribution < -0.4 is 10.2 Å². The Hall–Kier alpha value is -1.26. The smallest absolute Gasteiger partial charge is 0.221 e. The van der Waals surface area contributed by atoms with Crippen molar-refractivity contribution in [3.8, 4) is 0 Å². The Balaban J connectivity index is 1.38. The van der Waals surface area contributed by atoms with Crippen molar-refractivity contribution < 1.29 is 4.79 Å². The number of piperazine rings is 1. The number of carbonyl (C=O) groups is 1. The molecule has 1 aliphatic heterocycles. The number of halogens is 1. The molecule has 24 heavy (non-hydrogen) atoms. The molecule has 0 radical (unpaired) electrons. The van der Waals surface area contributed by atoms with E-state index in [4.69, 9.17) is 11.6 Å². The number of nitrogens with zero attached hydrogens (tertiary/aromatic N) is 2. The third kappa shape index (κ3) is 4.87. The summed E-state index contributed by atoms with van der Waals surface area (Å²) >= 11 is 6.28. The molecule has 0 atom stereocenters. The maximum absolute atomic E-state index is 12.1. The molecule has 1 aromatic rings. The van der Waals surface area contributed by atoms with Crippen LogP contribution in [0, 0.1) is 0 Å². The predicted molar refractivity (Wildman–Crippen MR) is 99.7 cm³/mol. The highest BCUT2D eigenvalue weighted by molar-refractivity contribution is 6.33. The van der Waals surface area contributed by atoms with E-state index in [1.54, 1.807) is 0 Å². The zero-order valence-electron chi connectivity index (χ0n) is 14.3. The summed E-state index contributed by atoms with van der Waals surface area (Å²) in [6, 6.07) is 8.44. The lowest BCUT2D eigenvalue weighted by molar-refractivity contribution is -0.122. The van der Waals surface area contributed by atoms with Crippen molar-refractivity contribution >= 4 is 23.2 Å². The molecule has 2 fully saturated rings. The van der Waals surface area contributed by atoms with Gasteiger partial charge in [-0.1, -0.05) is 43.0 Å². The third-order valence-corrected chi connectivity index (χ3v) is 5.51. The second-order valence-corrected chi connectivity index (χ2v) is 7.34. The van der Waals surface area contributed by atoms with Gasteiger partial charge in [0.25, 0.3) is 0 Å². The summed E-state index contributed by atoms with van der Waals surface area (Å²) in [5.41, 5.74) is 1.12. The summed E-state index contributed by atoms with van der Waals surface area (Å²) in [5, 5.41) is 4.02. The Morgan fingerprint density at radius 2 is 1.79 bits per heavy atom. The van der Waals surface area contributed by atoms with E-state index in [2.05, 4.69) is 21.2 Å². The zero-order chi connectivity index (χ0) is 16.8. The van der Waals surface area contributed by atoms with Gasteiger partial charge in [-0.3, -0.25) is 9.69 Å². The molecule has 2 aliphatic rings. The largest absolute Gasteiger partial charge is 0.368 e. The normalized spacial score (nSPS) is 20.1. The van der Waals surface area contributed by atoms with Gasteiger partial charge in [-0.05, 0) is 25.0 Å². The quantitative estimate of drug-likeness (QED) is 0.886. The fourth-order valence-electron chi connectivity index (χ4n) is 3.73. The van der Waals surface area contributed by atoms with E-state index < -0.39 is 0 Å². The van der Waals surface area contributed by atoms with Crippen LogP contribution >= 0.6 is 11.6 Å². The highest BCUT2D eigenvalue weighted by Crippen LogP contribution is 2.26. The Labute approximate surface area is 150 Å². The van der Waals surface area contributed by atoms with E-state index in [1.165, 1.54) is 19.3 Å². The van der Waals surface area contributed by atoms with Crippen molar-refractivity contribution in [2.45, 2.75) is 44.6 Å².